The summed E-state index contributed by atoms with van der Waals surface area (Å²) in [7, 11) is 0. The molecule has 154 valence electrons. The standard InChI is InChI=1S/C21H16F3N3O2S/c22-21(23,24)13-29-18-9-5-4-8-16(18)25-19(28)10-15-12-30-20-26-17(11-27(15)20)14-6-2-1-3-7-14/h1-9,11-12H,10,13H2,(H,25,28). The van der Waals surface area contributed by atoms with Crippen molar-refractivity contribution in [3.63, 3.8) is 0 Å². The van der Waals surface area contributed by atoms with Crippen LogP contribution in [0.4, 0.5) is 18.9 Å². The Balaban J connectivity index is 1.49. The summed E-state index contributed by atoms with van der Waals surface area (Å²) in [4.78, 5) is 17.9. The molecule has 5 nitrogen and oxygen atoms in total. The Morgan fingerprint density at radius 2 is 1.83 bits per heavy atom. The van der Waals surface area contributed by atoms with Gasteiger partial charge in [0, 0.05) is 22.8 Å². The third-order valence-electron chi connectivity index (χ3n) is 4.25. The summed E-state index contributed by atoms with van der Waals surface area (Å²) in [6, 6.07) is 15.7. The van der Waals surface area contributed by atoms with E-state index in [4.69, 9.17) is 4.74 Å². The van der Waals surface area contributed by atoms with Crippen LogP contribution >= 0.6 is 11.3 Å². The molecule has 0 atom stereocenters. The van der Waals surface area contributed by atoms with E-state index >= 15 is 0 Å². The normalized spacial score (nSPS) is 11.6. The van der Waals surface area contributed by atoms with Crippen LogP contribution in [0.2, 0.25) is 0 Å². The van der Waals surface area contributed by atoms with Crippen LogP contribution in [0.15, 0.2) is 66.2 Å². The van der Waals surface area contributed by atoms with Crippen LogP contribution in [0, 0.1) is 0 Å². The van der Waals surface area contributed by atoms with E-state index in [0.717, 1.165) is 21.9 Å². The van der Waals surface area contributed by atoms with E-state index in [0.29, 0.717) is 0 Å². The molecule has 2 heterocycles. The summed E-state index contributed by atoms with van der Waals surface area (Å²) < 4.78 is 44.0. The maximum absolute atomic E-state index is 12.5. The highest BCUT2D eigenvalue weighted by Crippen LogP contribution is 2.27. The highest BCUT2D eigenvalue weighted by Gasteiger charge is 2.29. The lowest BCUT2D eigenvalue weighted by molar-refractivity contribution is -0.153. The minimum atomic E-state index is -4.46. The second-order valence-corrected chi connectivity index (χ2v) is 7.33. The van der Waals surface area contributed by atoms with Crippen LogP contribution in [0.1, 0.15) is 5.69 Å². The maximum Gasteiger partial charge on any atom is 0.422 e. The summed E-state index contributed by atoms with van der Waals surface area (Å²) in [5.41, 5.74) is 2.69. The summed E-state index contributed by atoms with van der Waals surface area (Å²) >= 11 is 1.41. The van der Waals surface area contributed by atoms with Gasteiger partial charge in [-0.2, -0.15) is 13.2 Å². The van der Waals surface area contributed by atoms with Gasteiger partial charge in [0.2, 0.25) is 5.91 Å². The number of nitrogens with zero attached hydrogens (tertiary/aromatic N) is 2. The van der Waals surface area contributed by atoms with Crippen molar-refractivity contribution < 1.29 is 22.7 Å². The molecule has 0 saturated heterocycles. The van der Waals surface area contributed by atoms with E-state index in [2.05, 4.69) is 10.3 Å². The van der Waals surface area contributed by atoms with Gasteiger partial charge in [-0.15, -0.1) is 11.3 Å². The third-order valence-corrected chi connectivity index (χ3v) is 5.14. The van der Waals surface area contributed by atoms with Gasteiger partial charge in [0.1, 0.15) is 5.75 Å². The molecule has 0 spiro atoms. The zero-order valence-corrected chi connectivity index (χ0v) is 16.3. The summed E-state index contributed by atoms with van der Waals surface area (Å²) in [5.74, 6) is -0.402. The van der Waals surface area contributed by atoms with Crippen LogP contribution < -0.4 is 10.1 Å². The van der Waals surface area contributed by atoms with Crippen LogP contribution in [-0.2, 0) is 11.2 Å². The fourth-order valence-corrected chi connectivity index (χ4v) is 3.79. The molecule has 0 aliphatic heterocycles. The van der Waals surface area contributed by atoms with Gasteiger partial charge in [0.15, 0.2) is 11.6 Å². The second kappa shape index (κ2) is 8.19. The fourth-order valence-electron chi connectivity index (χ4n) is 2.92. The average molecular weight is 431 g/mol. The van der Waals surface area contributed by atoms with Gasteiger partial charge in [-0.1, -0.05) is 42.5 Å². The molecule has 0 radical (unpaired) electrons. The first-order valence-corrected chi connectivity index (χ1v) is 9.86. The Labute approximate surface area is 173 Å². The monoisotopic (exact) mass is 431 g/mol. The lowest BCUT2D eigenvalue weighted by Gasteiger charge is -2.13. The number of fused-ring (bicyclic) bond motifs is 1. The number of hydrogen-bond donors (Lipinski definition) is 1. The number of alkyl halides is 3. The number of rotatable bonds is 6. The number of imidazole rings is 1. The largest absolute Gasteiger partial charge is 0.482 e. The molecule has 0 aliphatic rings. The van der Waals surface area contributed by atoms with Crippen molar-refractivity contribution in [3.05, 3.63) is 71.9 Å². The molecule has 0 aliphatic carbocycles. The van der Waals surface area contributed by atoms with E-state index < -0.39 is 12.8 Å². The quantitative estimate of drug-likeness (QED) is 0.457. The van der Waals surface area contributed by atoms with Gasteiger partial charge >= 0.3 is 6.18 Å². The zero-order valence-electron chi connectivity index (χ0n) is 15.5. The number of thiazole rings is 1. The van der Waals surface area contributed by atoms with Crippen LogP contribution in [-0.4, -0.2) is 28.1 Å². The van der Waals surface area contributed by atoms with Crippen LogP contribution in [0.25, 0.3) is 16.2 Å². The number of aromatic nitrogens is 2. The molecule has 2 aromatic heterocycles. The number of para-hydroxylation sites is 2. The Bertz CT molecular complexity index is 1170. The number of benzene rings is 2. The molecule has 0 unspecified atom stereocenters. The molecule has 30 heavy (non-hydrogen) atoms. The van der Waals surface area contributed by atoms with Gasteiger partial charge in [-0.3, -0.25) is 9.20 Å². The van der Waals surface area contributed by atoms with Crippen molar-refractivity contribution in [1.29, 1.82) is 0 Å². The number of carbonyl (C=O) groups excluding carboxylic acids is 1. The second-order valence-electron chi connectivity index (χ2n) is 6.50. The van der Waals surface area contributed by atoms with Crippen LogP contribution in [0.3, 0.4) is 0 Å². The van der Waals surface area contributed by atoms with E-state index in [1.165, 1.54) is 23.5 Å². The average Bonchev–Trinajstić information content (AvgIpc) is 3.29. The molecule has 4 aromatic rings. The predicted octanol–water partition coefficient (Wildman–Crippen LogP) is 5.19. The number of hydrogen-bond acceptors (Lipinski definition) is 4. The SMILES string of the molecule is O=C(Cc1csc2nc(-c3ccccc3)cn12)Nc1ccccc1OCC(F)(F)F. The fraction of sp³-hybridized carbons (Fsp3) is 0.143. The summed E-state index contributed by atoms with van der Waals surface area (Å²) in [5, 5.41) is 4.46. The molecule has 0 bridgehead atoms. The molecule has 9 heteroatoms. The van der Waals surface area contributed by atoms with Crippen molar-refractivity contribution in [1.82, 2.24) is 9.38 Å². The maximum atomic E-state index is 12.5. The molecule has 2 aromatic carbocycles. The zero-order chi connectivity index (χ0) is 21.1. The molecule has 0 fully saturated rings. The van der Waals surface area contributed by atoms with Gasteiger partial charge < -0.3 is 10.1 Å². The Morgan fingerprint density at radius 3 is 2.60 bits per heavy atom. The third kappa shape index (κ3) is 4.62. The topological polar surface area (TPSA) is 55.6 Å². The lowest BCUT2D eigenvalue weighted by atomic mass is 10.2. The van der Waals surface area contributed by atoms with E-state index in [1.807, 2.05) is 46.3 Å². The van der Waals surface area contributed by atoms with E-state index in [1.54, 1.807) is 12.1 Å². The smallest absolute Gasteiger partial charge is 0.422 e. The summed E-state index contributed by atoms with van der Waals surface area (Å²) in [6.45, 7) is -1.43. The Morgan fingerprint density at radius 1 is 1.10 bits per heavy atom. The van der Waals surface area contributed by atoms with E-state index in [9.17, 15) is 18.0 Å². The number of halogens is 3. The first kappa shape index (κ1) is 20.0. The van der Waals surface area contributed by atoms with Crippen molar-refractivity contribution in [3.8, 4) is 17.0 Å². The number of amides is 1. The van der Waals surface area contributed by atoms with Gasteiger partial charge in [-0.25, -0.2) is 4.98 Å². The number of carbonyl (C=O) groups is 1. The molecular weight excluding hydrogens is 415 g/mol. The lowest BCUT2D eigenvalue weighted by Crippen LogP contribution is -2.21. The molecular formula is C21H16F3N3O2S. The minimum Gasteiger partial charge on any atom is -0.482 e. The van der Waals surface area contributed by atoms with Gasteiger partial charge in [0.25, 0.3) is 0 Å². The van der Waals surface area contributed by atoms with E-state index in [-0.39, 0.29) is 23.8 Å². The Kier molecular flexibility index (Phi) is 5.45. The number of nitrogens with one attached hydrogen (secondary N) is 1. The first-order valence-electron chi connectivity index (χ1n) is 8.98. The van der Waals surface area contributed by atoms with Crippen LogP contribution in [0.5, 0.6) is 5.75 Å². The van der Waals surface area contributed by atoms with Crippen molar-refractivity contribution in [2.45, 2.75) is 12.6 Å². The molecule has 1 amide bonds. The van der Waals surface area contributed by atoms with Crippen molar-refractivity contribution >= 4 is 27.9 Å². The van der Waals surface area contributed by atoms with Gasteiger partial charge in [0.05, 0.1) is 17.8 Å². The Hall–Kier alpha value is -3.33. The minimum absolute atomic E-state index is 0.0346. The van der Waals surface area contributed by atoms with Gasteiger partial charge in [-0.05, 0) is 12.1 Å². The summed E-state index contributed by atoms with van der Waals surface area (Å²) in [6.07, 6.45) is -2.56. The van der Waals surface area contributed by atoms with Crippen molar-refractivity contribution in [2.75, 3.05) is 11.9 Å². The molecule has 4 rings (SSSR count). The highest BCUT2D eigenvalue weighted by molar-refractivity contribution is 7.15. The highest BCUT2D eigenvalue weighted by atomic mass is 32.1. The number of ether oxygens (including phenoxy) is 1. The van der Waals surface area contributed by atoms with Crippen molar-refractivity contribution in [2.24, 2.45) is 0 Å². The number of anilines is 1. The first-order chi connectivity index (χ1) is 14.4. The predicted molar refractivity (Wildman–Crippen MR) is 109 cm³/mol. The molecule has 0 saturated carbocycles. The molecule has 1 N–H and O–H groups in total.